The number of rotatable bonds is 5. The Hall–Kier alpha value is -2.21. The molecule has 8 heteroatoms. The first kappa shape index (κ1) is 15.2. The van der Waals surface area contributed by atoms with Crippen molar-refractivity contribution in [2.24, 2.45) is 0 Å². The first-order valence-electron chi connectivity index (χ1n) is 6.12. The van der Waals surface area contributed by atoms with Gasteiger partial charge in [-0.2, -0.15) is 0 Å². The lowest BCUT2D eigenvalue weighted by molar-refractivity contribution is 0.350. The molecule has 0 amide bonds. The number of aliphatic hydroxyl groups is 1. The van der Waals surface area contributed by atoms with E-state index in [0.717, 1.165) is 0 Å². The van der Waals surface area contributed by atoms with E-state index in [1.807, 2.05) is 0 Å². The van der Waals surface area contributed by atoms with Crippen LogP contribution >= 0.6 is 0 Å². The zero-order chi connectivity index (χ0) is 15.1. The van der Waals surface area contributed by atoms with Crippen molar-refractivity contribution in [3.63, 3.8) is 0 Å². The van der Waals surface area contributed by atoms with E-state index < -0.39 is 10.0 Å². The molecule has 0 aliphatic heterocycles. The van der Waals surface area contributed by atoms with Gasteiger partial charge in [-0.15, -0.1) is 0 Å². The van der Waals surface area contributed by atoms with Crippen molar-refractivity contribution in [1.29, 1.82) is 0 Å². The highest BCUT2D eigenvalue weighted by atomic mass is 32.2. The fourth-order valence-corrected chi connectivity index (χ4v) is 2.60. The fourth-order valence-electron chi connectivity index (χ4n) is 1.59. The molecule has 0 aliphatic rings. The molecule has 0 radical (unpaired) electrons. The van der Waals surface area contributed by atoms with Crippen LogP contribution in [0.2, 0.25) is 0 Å². The summed E-state index contributed by atoms with van der Waals surface area (Å²) in [7, 11) is -3.64. The summed E-state index contributed by atoms with van der Waals surface area (Å²) in [5.74, 6) is 5.06. The van der Waals surface area contributed by atoms with Crippen LogP contribution in [-0.2, 0) is 16.6 Å². The van der Waals surface area contributed by atoms with Crippen LogP contribution in [0.5, 0.6) is 0 Å². The Bertz CT molecular complexity index is 745. The van der Waals surface area contributed by atoms with Crippen LogP contribution in [0.25, 0.3) is 0 Å². The lowest BCUT2D eigenvalue weighted by Crippen LogP contribution is -2.27. The highest BCUT2D eigenvalue weighted by Crippen LogP contribution is 2.08. The molecule has 0 bridgehead atoms. The van der Waals surface area contributed by atoms with E-state index >= 15 is 0 Å². The molecule has 21 heavy (non-hydrogen) atoms. The Kier molecular flexibility index (Phi) is 5.05. The van der Waals surface area contributed by atoms with E-state index in [1.54, 1.807) is 23.3 Å². The van der Waals surface area contributed by atoms with Gasteiger partial charge in [0, 0.05) is 43.4 Å². The summed E-state index contributed by atoms with van der Waals surface area (Å²) in [6, 6.07) is 1.41. The molecule has 2 aromatic rings. The van der Waals surface area contributed by atoms with Crippen LogP contribution in [0.15, 0.2) is 42.1 Å². The number of hydrogen-bond acceptors (Lipinski definition) is 5. The van der Waals surface area contributed by atoms with Gasteiger partial charge in [-0.25, -0.2) is 18.1 Å². The molecule has 0 unspecified atom stereocenters. The van der Waals surface area contributed by atoms with Gasteiger partial charge in [0.2, 0.25) is 10.0 Å². The average Bonchev–Trinajstić information content (AvgIpc) is 2.98. The quantitative estimate of drug-likeness (QED) is 0.733. The fraction of sp³-hybridized carbons (Fsp3) is 0.231. The molecule has 2 heterocycles. The van der Waals surface area contributed by atoms with Crippen LogP contribution in [0.4, 0.5) is 0 Å². The average molecular weight is 306 g/mol. The molecule has 2 aromatic heterocycles. The van der Waals surface area contributed by atoms with Crippen molar-refractivity contribution in [1.82, 2.24) is 19.3 Å². The molecular formula is C13H14N4O3S. The number of nitrogens with zero attached hydrogens (tertiary/aromatic N) is 3. The topological polar surface area (TPSA) is 97.1 Å². The largest absolute Gasteiger partial charge is 0.384 e. The Labute approximate surface area is 122 Å². The van der Waals surface area contributed by atoms with Crippen LogP contribution in [0, 0.1) is 11.8 Å². The maximum absolute atomic E-state index is 12.1. The minimum atomic E-state index is -3.64. The monoisotopic (exact) mass is 306 g/mol. The van der Waals surface area contributed by atoms with Crippen LogP contribution < -0.4 is 4.72 Å². The van der Waals surface area contributed by atoms with E-state index in [4.69, 9.17) is 5.11 Å². The van der Waals surface area contributed by atoms with Crippen molar-refractivity contribution < 1.29 is 13.5 Å². The third-order valence-corrected chi connectivity index (χ3v) is 3.98. The number of nitrogens with one attached hydrogen (secondary N) is 1. The predicted octanol–water partition coefficient (Wildman–Crippen LogP) is -0.400. The first-order chi connectivity index (χ1) is 10.1. The number of imidazole rings is 1. The second-order valence-corrected chi connectivity index (χ2v) is 5.83. The zero-order valence-corrected chi connectivity index (χ0v) is 11.9. The van der Waals surface area contributed by atoms with Crippen molar-refractivity contribution in [2.45, 2.75) is 11.4 Å². The molecule has 2 rings (SSSR count). The van der Waals surface area contributed by atoms with Gasteiger partial charge in [-0.3, -0.25) is 4.98 Å². The molecule has 0 atom stereocenters. The number of sulfonamides is 1. The zero-order valence-electron chi connectivity index (χ0n) is 11.1. The molecule has 110 valence electrons. The van der Waals surface area contributed by atoms with Gasteiger partial charge in [0.25, 0.3) is 0 Å². The van der Waals surface area contributed by atoms with Gasteiger partial charge >= 0.3 is 0 Å². The minimum absolute atomic E-state index is 0.0397. The summed E-state index contributed by atoms with van der Waals surface area (Å²) in [5.41, 5.74) is 0.432. The summed E-state index contributed by atoms with van der Waals surface area (Å²) < 4.78 is 28.5. The highest BCUT2D eigenvalue weighted by molar-refractivity contribution is 7.89. The SMILES string of the molecule is O=S(=O)(NCCn1ccnc1)c1cncc(C#CCO)c1. The van der Waals surface area contributed by atoms with Crippen molar-refractivity contribution >= 4 is 10.0 Å². The van der Waals surface area contributed by atoms with Gasteiger partial charge < -0.3 is 9.67 Å². The van der Waals surface area contributed by atoms with Crippen LogP contribution in [0.1, 0.15) is 5.56 Å². The number of hydrogen-bond donors (Lipinski definition) is 2. The summed E-state index contributed by atoms with van der Waals surface area (Å²) in [6.45, 7) is 0.433. The molecule has 0 aromatic carbocycles. The van der Waals surface area contributed by atoms with Gasteiger partial charge in [0.05, 0.1) is 6.33 Å². The van der Waals surface area contributed by atoms with E-state index in [9.17, 15) is 8.42 Å². The van der Waals surface area contributed by atoms with E-state index in [-0.39, 0.29) is 18.0 Å². The second-order valence-electron chi connectivity index (χ2n) is 4.07. The lowest BCUT2D eigenvalue weighted by Gasteiger charge is -2.07. The van der Waals surface area contributed by atoms with Gasteiger partial charge in [0.15, 0.2) is 0 Å². The Balaban J connectivity index is 2.04. The van der Waals surface area contributed by atoms with E-state index in [2.05, 4.69) is 26.5 Å². The highest BCUT2D eigenvalue weighted by Gasteiger charge is 2.14. The Morgan fingerprint density at radius 3 is 2.90 bits per heavy atom. The summed E-state index contributed by atoms with van der Waals surface area (Å²) in [5, 5.41) is 8.63. The Morgan fingerprint density at radius 2 is 2.19 bits per heavy atom. The molecule has 0 saturated heterocycles. The van der Waals surface area contributed by atoms with E-state index in [1.165, 1.54) is 18.5 Å². The van der Waals surface area contributed by atoms with Crippen molar-refractivity contribution in [3.05, 3.63) is 42.7 Å². The van der Waals surface area contributed by atoms with E-state index in [0.29, 0.717) is 12.1 Å². The minimum Gasteiger partial charge on any atom is -0.384 e. The Morgan fingerprint density at radius 1 is 1.33 bits per heavy atom. The van der Waals surface area contributed by atoms with Crippen LogP contribution in [-0.4, -0.2) is 41.2 Å². The predicted molar refractivity (Wildman–Crippen MR) is 75.6 cm³/mol. The molecular weight excluding hydrogens is 292 g/mol. The van der Waals surface area contributed by atoms with Crippen molar-refractivity contribution in [3.8, 4) is 11.8 Å². The molecule has 0 aliphatic carbocycles. The van der Waals surface area contributed by atoms with Gasteiger partial charge in [-0.05, 0) is 6.07 Å². The van der Waals surface area contributed by atoms with Crippen molar-refractivity contribution in [2.75, 3.05) is 13.2 Å². The normalized spacial score (nSPS) is 10.9. The molecule has 7 nitrogen and oxygen atoms in total. The second kappa shape index (κ2) is 6.99. The van der Waals surface area contributed by atoms with Gasteiger partial charge in [0.1, 0.15) is 11.5 Å². The molecule has 0 fully saturated rings. The van der Waals surface area contributed by atoms with Crippen LogP contribution in [0.3, 0.4) is 0 Å². The maximum atomic E-state index is 12.1. The van der Waals surface area contributed by atoms with Gasteiger partial charge in [-0.1, -0.05) is 11.8 Å². The summed E-state index contributed by atoms with van der Waals surface area (Å²) >= 11 is 0. The summed E-state index contributed by atoms with van der Waals surface area (Å²) in [6.07, 6.45) is 7.68. The number of aliphatic hydroxyl groups excluding tert-OH is 1. The molecule has 0 spiro atoms. The maximum Gasteiger partial charge on any atom is 0.242 e. The smallest absolute Gasteiger partial charge is 0.242 e. The standard InChI is InChI=1S/C13H14N4O3S/c18-7-1-2-12-8-13(10-15-9-12)21(19,20)16-4-6-17-5-3-14-11-17/h3,5,8-11,16,18H,4,6-7H2. The third-order valence-electron chi connectivity index (χ3n) is 2.56. The third kappa shape index (κ3) is 4.39. The molecule has 0 saturated carbocycles. The number of pyridine rings is 1. The number of aromatic nitrogens is 3. The lowest BCUT2D eigenvalue weighted by atomic mass is 10.3. The molecule has 2 N–H and O–H groups in total. The summed E-state index contributed by atoms with van der Waals surface area (Å²) in [4.78, 5) is 7.76. The first-order valence-corrected chi connectivity index (χ1v) is 7.60.